The van der Waals surface area contributed by atoms with E-state index in [9.17, 15) is 9.18 Å². The zero-order valence-electron chi connectivity index (χ0n) is 13.5. The Bertz CT molecular complexity index is 491. The number of hydrogen-bond acceptors (Lipinski definition) is 3. The maximum atomic E-state index is 12.8. The Kier molecular flexibility index (Phi) is 9.38. The lowest BCUT2D eigenvalue weighted by Gasteiger charge is -2.08. The van der Waals surface area contributed by atoms with E-state index in [2.05, 4.69) is 15.6 Å². The first-order valence-corrected chi connectivity index (χ1v) is 7.74. The standard InChI is InChI=1S/C16H25FN4O2/c1-2-23-11-3-8-20-16(18)21-10-9-19-15(22)12-13-4-6-14(17)7-5-13/h4-7H,2-3,8-12H2,1H3,(H,19,22)(H3,18,20,21). The van der Waals surface area contributed by atoms with Gasteiger partial charge >= 0.3 is 0 Å². The molecule has 0 fully saturated rings. The predicted molar refractivity (Wildman–Crippen MR) is 88.7 cm³/mol. The molecule has 7 heteroatoms. The van der Waals surface area contributed by atoms with E-state index in [1.807, 2.05) is 6.92 Å². The Hall–Kier alpha value is -2.15. The number of aliphatic imine (C=N–C) groups is 1. The van der Waals surface area contributed by atoms with E-state index in [-0.39, 0.29) is 18.1 Å². The second-order valence-corrected chi connectivity index (χ2v) is 4.90. The lowest BCUT2D eigenvalue weighted by molar-refractivity contribution is -0.120. The number of carbonyl (C=O) groups is 1. The molecule has 1 aromatic carbocycles. The number of ether oxygens (including phenoxy) is 1. The Morgan fingerprint density at radius 1 is 1.26 bits per heavy atom. The molecular formula is C16H25FN4O2. The topological polar surface area (TPSA) is 88.7 Å². The minimum absolute atomic E-state index is 0.120. The van der Waals surface area contributed by atoms with Gasteiger partial charge < -0.3 is 21.1 Å². The maximum Gasteiger partial charge on any atom is 0.224 e. The second kappa shape index (κ2) is 11.4. The number of carbonyl (C=O) groups excluding carboxylic acids is 1. The zero-order chi connectivity index (χ0) is 16.9. The van der Waals surface area contributed by atoms with Crippen LogP contribution >= 0.6 is 0 Å². The van der Waals surface area contributed by atoms with Gasteiger partial charge in [0, 0.05) is 32.8 Å². The van der Waals surface area contributed by atoms with Crippen LogP contribution in [-0.4, -0.2) is 44.7 Å². The van der Waals surface area contributed by atoms with Crippen molar-refractivity contribution in [1.82, 2.24) is 10.6 Å². The Morgan fingerprint density at radius 3 is 2.65 bits per heavy atom. The molecule has 23 heavy (non-hydrogen) atoms. The summed E-state index contributed by atoms with van der Waals surface area (Å²) in [6.45, 7) is 4.87. The number of amides is 1. The van der Waals surface area contributed by atoms with Gasteiger partial charge in [0.1, 0.15) is 5.82 Å². The third-order valence-corrected chi connectivity index (χ3v) is 2.96. The molecule has 1 rings (SSSR count). The molecule has 0 saturated carbocycles. The van der Waals surface area contributed by atoms with Gasteiger partial charge in [0.15, 0.2) is 5.96 Å². The van der Waals surface area contributed by atoms with Crippen LogP contribution in [0.25, 0.3) is 0 Å². The molecule has 0 aliphatic carbocycles. The molecule has 128 valence electrons. The van der Waals surface area contributed by atoms with E-state index < -0.39 is 0 Å². The highest BCUT2D eigenvalue weighted by atomic mass is 19.1. The minimum Gasteiger partial charge on any atom is -0.382 e. The lowest BCUT2D eigenvalue weighted by Crippen LogP contribution is -2.38. The van der Waals surface area contributed by atoms with Crippen molar-refractivity contribution < 1.29 is 13.9 Å². The second-order valence-electron chi connectivity index (χ2n) is 4.90. The number of nitrogens with zero attached hydrogens (tertiary/aromatic N) is 1. The summed E-state index contributed by atoms with van der Waals surface area (Å²) in [7, 11) is 0. The molecule has 0 atom stereocenters. The van der Waals surface area contributed by atoms with Crippen LogP contribution in [0.1, 0.15) is 18.9 Å². The van der Waals surface area contributed by atoms with Crippen molar-refractivity contribution >= 4 is 11.9 Å². The van der Waals surface area contributed by atoms with Crippen molar-refractivity contribution in [3.8, 4) is 0 Å². The van der Waals surface area contributed by atoms with Gasteiger partial charge in [-0.2, -0.15) is 0 Å². The van der Waals surface area contributed by atoms with Crippen LogP contribution in [0.2, 0.25) is 0 Å². The lowest BCUT2D eigenvalue weighted by atomic mass is 10.1. The molecule has 4 N–H and O–H groups in total. The quantitative estimate of drug-likeness (QED) is 0.338. The first-order chi connectivity index (χ1) is 11.1. The fourth-order valence-electron chi connectivity index (χ4n) is 1.81. The van der Waals surface area contributed by atoms with Gasteiger partial charge in [-0.3, -0.25) is 9.79 Å². The Labute approximate surface area is 136 Å². The van der Waals surface area contributed by atoms with Crippen LogP contribution in [0.3, 0.4) is 0 Å². The van der Waals surface area contributed by atoms with E-state index in [1.54, 1.807) is 12.1 Å². The van der Waals surface area contributed by atoms with Crippen LogP contribution in [0.5, 0.6) is 0 Å². The van der Waals surface area contributed by atoms with Crippen molar-refractivity contribution in [3.63, 3.8) is 0 Å². The molecule has 0 radical (unpaired) electrons. The molecule has 0 spiro atoms. The normalized spacial score (nSPS) is 11.3. The van der Waals surface area contributed by atoms with Crippen molar-refractivity contribution in [2.75, 3.05) is 32.8 Å². The summed E-state index contributed by atoms with van der Waals surface area (Å²) in [6.07, 6.45) is 1.05. The molecule has 0 bridgehead atoms. The summed E-state index contributed by atoms with van der Waals surface area (Å²) in [5.74, 6) is -0.0747. The van der Waals surface area contributed by atoms with Crippen molar-refractivity contribution in [3.05, 3.63) is 35.6 Å². The monoisotopic (exact) mass is 324 g/mol. The van der Waals surface area contributed by atoms with Crippen LogP contribution in [0, 0.1) is 5.82 Å². The number of benzene rings is 1. The smallest absolute Gasteiger partial charge is 0.224 e. The van der Waals surface area contributed by atoms with E-state index in [1.165, 1.54) is 12.1 Å². The largest absolute Gasteiger partial charge is 0.382 e. The van der Waals surface area contributed by atoms with E-state index >= 15 is 0 Å². The third-order valence-electron chi connectivity index (χ3n) is 2.96. The number of halogens is 1. The molecule has 0 aliphatic rings. The highest BCUT2D eigenvalue weighted by Gasteiger charge is 2.03. The Balaban J connectivity index is 2.10. The van der Waals surface area contributed by atoms with Gasteiger partial charge in [-0.25, -0.2) is 4.39 Å². The number of hydrogen-bond donors (Lipinski definition) is 3. The van der Waals surface area contributed by atoms with Crippen LogP contribution in [-0.2, 0) is 16.0 Å². The van der Waals surface area contributed by atoms with Gasteiger partial charge in [0.2, 0.25) is 5.91 Å². The van der Waals surface area contributed by atoms with Crippen LogP contribution < -0.4 is 16.4 Å². The highest BCUT2D eigenvalue weighted by Crippen LogP contribution is 2.03. The minimum atomic E-state index is -0.311. The van der Waals surface area contributed by atoms with Crippen LogP contribution in [0.4, 0.5) is 4.39 Å². The molecule has 0 aliphatic heterocycles. The summed E-state index contributed by atoms with van der Waals surface area (Å²) < 4.78 is 18.0. The average Bonchev–Trinajstić information content (AvgIpc) is 2.53. The number of guanidine groups is 1. The molecule has 1 aromatic rings. The summed E-state index contributed by atoms with van der Waals surface area (Å²) in [6, 6.07) is 5.87. The van der Waals surface area contributed by atoms with E-state index in [0.717, 1.165) is 12.0 Å². The van der Waals surface area contributed by atoms with Crippen molar-refractivity contribution in [2.24, 2.45) is 10.7 Å². The molecule has 0 heterocycles. The molecular weight excluding hydrogens is 299 g/mol. The Morgan fingerprint density at radius 2 is 1.96 bits per heavy atom. The van der Waals surface area contributed by atoms with Gasteiger partial charge in [-0.1, -0.05) is 12.1 Å². The van der Waals surface area contributed by atoms with E-state index in [0.29, 0.717) is 38.8 Å². The van der Waals surface area contributed by atoms with Gasteiger partial charge in [0.05, 0.1) is 6.42 Å². The van der Waals surface area contributed by atoms with Crippen molar-refractivity contribution in [1.29, 1.82) is 0 Å². The average molecular weight is 324 g/mol. The van der Waals surface area contributed by atoms with Crippen LogP contribution in [0.15, 0.2) is 29.3 Å². The number of nitrogens with one attached hydrogen (secondary N) is 2. The summed E-state index contributed by atoms with van der Waals surface area (Å²) in [5, 5.41) is 5.68. The molecule has 0 saturated heterocycles. The predicted octanol–water partition coefficient (Wildman–Crippen LogP) is 0.815. The molecule has 0 aromatic heterocycles. The summed E-state index contributed by atoms with van der Waals surface area (Å²) in [4.78, 5) is 15.9. The third kappa shape index (κ3) is 9.46. The fourth-order valence-corrected chi connectivity index (χ4v) is 1.81. The van der Waals surface area contributed by atoms with Crippen molar-refractivity contribution in [2.45, 2.75) is 19.8 Å². The summed E-state index contributed by atoms with van der Waals surface area (Å²) >= 11 is 0. The van der Waals surface area contributed by atoms with E-state index in [4.69, 9.17) is 10.5 Å². The molecule has 0 unspecified atom stereocenters. The first kappa shape index (κ1) is 18.9. The first-order valence-electron chi connectivity index (χ1n) is 7.74. The SMILES string of the molecule is CCOCCCN=C(N)NCCNC(=O)Cc1ccc(F)cc1. The zero-order valence-corrected chi connectivity index (χ0v) is 13.5. The van der Waals surface area contributed by atoms with Gasteiger partial charge in [-0.15, -0.1) is 0 Å². The number of rotatable bonds is 10. The molecule has 6 nitrogen and oxygen atoms in total. The maximum absolute atomic E-state index is 12.8. The highest BCUT2D eigenvalue weighted by molar-refractivity contribution is 5.79. The number of nitrogens with two attached hydrogens (primary N) is 1. The van der Waals surface area contributed by atoms with Gasteiger partial charge in [0.25, 0.3) is 0 Å². The van der Waals surface area contributed by atoms with Gasteiger partial charge in [-0.05, 0) is 31.0 Å². The molecule has 1 amide bonds. The summed E-state index contributed by atoms with van der Waals surface area (Å²) in [5.41, 5.74) is 6.46. The fraction of sp³-hybridized carbons (Fsp3) is 0.500.